The van der Waals surface area contributed by atoms with Crippen molar-refractivity contribution in [3.8, 4) is 0 Å². The molecule has 21 heavy (non-hydrogen) atoms. The third kappa shape index (κ3) is 6.22. The second-order valence-electron chi connectivity index (χ2n) is 5.26. The Bertz CT molecular complexity index is 491. The van der Waals surface area contributed by atoms with Crippen LogP contribution in [0.15, 0.2) is 24.3 Å². The van der Waals surface area contributed by atoms with Gasteiger partial charge in [0.1, 0.15) is 0 Å². The summed E-state index contributed by atoms with van der Waals surface area (Å²) >= 11 is 0. The molecule has 3 N–H and O–H groups in total. The van der Waals surface area contributed by atoms with Crippen LogP contribution in [-0.4, -0.2) is 28.7 Å². The van der Waals surface area contributed by atoms with Crippen LogP contribution in [0.25, 0.3) is 0 Å². The first-order chi connectivity index (χ1) is 9.92. The molecular formula is C14H21N3O4. The van der Waals surface area contributed by atoms with Gasteiger partial charge in [-0.1, -0.05) is 26.0 Å². The van der Waals surface area contributed by atoms with Gasteiger partial charge in [0.15, 0.2) is 0 Å². The second-order valence-corrected chi connectivity index (χ2v) is 5.26. The van der Waals surface area contributed by atoms with E-state index in [9.17, 15) is 20.0 Å². The fraction of sp³-hybridized carbons (Fsp3) is 0.500. The number of carbonyl (C=O) groups excluding carboxylic acids is 1. The van der Waals surface area contributed by atoms with Crippen LogP contribution in [-0.2, 0) is 6.54 Å². The van der Waals surface area contributed by atoms with E-state index in [-0.39, 0.29) is 24.9 Å². The number of urea groups is 1. The van der Waals surface area contributed by atoms with Gasteiger partial charge in [-0.05, 0) is 17.9 Å². The molecule has 1 rings (SSSR count). The van der Waals surface area contributed by atoms with Crippen LogP contribution in [0.4, 0.5) is 10.5 Å². The van der Waals surface area contributed by atoms with E-state index >= 15 is 0 Å². The maximum absolute atomic E-state index is 11.7. The predicted octanol–water partition coefficient (Wildman–Crippen LogP) is 1.80. The van der Waals surface area contributed by atoms with E-state index in [4.69, 9.17) is 0 Å². The van der Waals surface area contributed by atoms with Crippen LogP contribution in [0.1, 0.15) is 25.8 Å². The number of non-ortho nitro benzene ring substituents is 1. The number of aliphatic hydroxyl groups is 1. The van der Waals surface area contributed by atoms with Crippen molar-refractivity contribution in [1.82, 2.24) is 10.6 Å². The van der Waals surface area contributed by atoms with E-state index in [0.29, 0.717) is 17.9 Å². The molecule has 1 unspecified atom stereocenters. The summed E-state index contributed by atoms with van der Waals surface area (Å²) in [5, 5.41) is 25.1. The first-order valence-electron chi connectivity index (χ1n) is 6.81. The maximum Gasteiger partial charge on any atom is 0.315 e. The molecule has 0 bridgehead atoms. The third-order valence-electron chi connectivity index (χ3n) is 2.89. The number of aliphatic hydroxyl groups excluding tert-OH is 1. The quantitative estimate of drug-likeness (QED) is 0.527. The van der Waals surface area contributed by atoms with Gasteiger partial charge in [-0.25, -0.2) is 4.79 Å². The van der Waals surface area contributed by atoms with Crippen molar-refractivity contribution in [1.29, 1.82) is 0 Å². The van der Waals surface area contributed by atoms with Gasteiger partial charge in [0.05, 0.1) is 17.6 Å². The van der Waals surface area contributed by atoms with Crippen molar-refractivity contribution >= 4 is 11.7 Å². The Kier molecular flexibility index (Phi) is 6.61. The Morgan fingerprint density at radius 1 is 1.43 bits per heavy atom. The molecule has 0 saturated carbocycles. The average Bonchev–Trinajstić information content (AvgIpc) is 2.44. The van der Waals surface area contributed by atoms with Gasteiger partial charge in [0, 0.05) is 18.7 Å². The Balaban J connectivity index is 2.49. The lowest BCUT2D eigenvalue weighted by molar-refractivity contribution is -0.384. The number of hydrogen-bond acceptors (Lipinski definition) is 4. The maximum atomic E-state index is 11.7. The Morgan fingerprint density at radius 3 is 2.71 bits per heavy atom. The molecule has 0 aliphatic carbocycles. The minimum Gasteiger partial charge on any atom is -0.394 e. The summed E-state index contributed by atoms with van der Waals surface area (Å²) < 4.78 is 0. The van der Waals surface area contributed by atoms with E-state index in [1.54, 1.807) is 12.1 Å². The molecule has 7 heteroatoms. The van der Waals surface area contributed by atoms with E-state index in [2.05, 4.69) is 10.6 Å². The van der Waals surface area contributed by atoms with Gasteiger partial charge >= 0.3 is 6.03 Å². The van der Waals surface area contributed by atoms with E-state index in [1.165, 1.54) is 12.1 Å². The molecule has 7 nitrogen and oxygen atoms in total. The smallest absolute Gasteiger partial charge is 0.315 e. The number of nitrogens with zero attached hydrogens (tertiary/aromatic N) is 1. The molecule has 0 aliphatic rings. The number of amides is 2. The zero-order valence-electron chi connectivity index (χ0n) is 12.2. The Hall–Kier alpha value is -2.15. The highest BCUT2D eigenvalue weighted by atomic mass is 16.6. The molecule has 2 amide bonds. The number of carbonyl (C=O) groups is 1. The van der Waals surface area contributed by atoms with Crippen LogP contribution in [0.3, 0.4) is 0 Å². The average molecular weight is 295 g/mol. The summed E-state index contributed by atoms with van der Waals surface area (Å²) in [6.45, 7) is 4.08. The molecule has 0 aliphatic heterocycles. The zero-order valence-corrected chi connectivity index (χ0v) is 12.2. The molecule has 1 aromatic carbocycles. The standard InChI is InChI=1S/C14H21N3O4/c1-10(2)6-12(9-18)16-14(19)15-8-11-4-3-5-13(7-11)17(20)21/h3-5,7,10,12,18H,6,8-9H2,1-2H3,(H2,15,16,19). The number of hydrogen-bond donors (Lipinski definition) is 3. The minimum absolute atomic E-state index is 0.0113. The van der Waals surface area contributed by atoms with Gasteiger partial charge in [-0.15, -0.1) is 0 Å². The van der Waals surface area contributed by atoms with Gasteiger partial charge in [0.2, 0.25) is 0 Å². The summed E-state index contributed by atoms with van der Waals surface area (Å²) in [6, 6.07) is 5.38. The number of nitro benzene ring substituents is 1. The van der Waals surface area contributed by atoms with E-state index in [1.807, 2.05) is 13.8 Å². The summed E-state index contributed by atoms with van der Waals surface area (Å²) in [6.07, 6.45) is 0.681. The first-order valence-corrected chi connectivity index (χ1v) is 6.81. The molecule has 0 saturated heterocycles. The van der Waals surface area contributed by atoms with E-state index < -0.39 is 11.0 Å². The lowest BCUT2D eigenvalue weighted by Crippen LogP contribution is -2.44. The zero-order chi connectivity index (χ0) is 15.8. The van der Waals surface area contributed by atoms with Gasteiger partial charge < -0.3 is 15.7 Å². The SMILES string of the molecule is CC(C)CC(CO)NC(=O)NCc1cccc([N+](=O)[O-])c1. The summed E-state index contributed by atoms with van der Waals surface area (Å²) in [5.41, 5.74) is 0.631. The molecule has 0 heterocycles. The van der Waals surface area contributed by atoms with Crippen molar-refractivity contribution in [3.63, 3.8) is 0 Å². The monoisotopic (exact) mass is 295 g/mol. The molecule has 0 radical (unpaired) electrons. The number of rotatable bonds is 7. The van der Waals surface area contributed by atoms with Gasteiger partial charge in [0.25, 0.3) is 5.69 Å². The van der Waals surface area contributed by atoms with Crippen molar-refractivity contribution < 1.29 is 14.8 Å². The minimum atomic E-state index is -0.478. The van der Waals surface area contributed by atoms with Crippen molar-refractivity contribution in [2.24, 2.45) is 5.92 Å². The number of benzene rings is 1. The Labute approximate surface area is 123 Å². The molecule has 0 spiro atoms. The van der Waals surface area contributed by atoms with Crippen LogP contribution in [0.5, 0.6) is 0 Å². The third-order valence-corrected chi connectivity index (χ3v) is 2.89. The summed E-state index contributed by atoms with van der Waals surface area (Å²) in [5.74, 6) is 0.360. The molecule has 1 aromatic rings. The first kappa shape index (κ1) is 16.9. The largest absolute Gasteiger partial charge is 0.394 e. The lowest BCUT2D eigenvalue weighted by Gasteiger charge is -2.18. The van der Waals surface area contributed by atoms with Crippen LogP contribution in [0.2, 0.25) is 0 Å². The highest BCUT2D eigenvalue weighted by Gasteiger charge is 2.13. The van der Waals surface area contributed by atoms with Crippen LogP contribution < -0.4 is 10.6 Å². The topological polar surface area (TPSA) is 104 Å². The van der Waals surface area contributed by atoms with Crippen molar-refractivity contribution in [2.75, 3.05) is 6.61 Å². The van der Waals surface area contributed by atoms with Crippen molar-refractivity contribution in [2.45, 2.75) is 32.9 Å². The second kappa shape index (κ2) is 8.21. The molecular weight excluding hydrogens is 274 g/mol. The molecule has 116 valence electrons. The highest BCUT2D eigenvalue weighted by molar-refractivity contribution is 5.74. The normalized spacial score (nSPS) is 12.0. The van der Waals surface area contributed by atoms with Crippen molar-refractivity contribution in [3.05, 3.63) is 39.9 Å². The fourth-order valence-corrected chi connectivity index (χ4v) is 1.95. The summed E-state index contributed by atoms with van der Waals surface area (Å²) in [7, 11) is 0. The predicted molar refractivity (Wildman–Crippen MR) is 78.8 cm³/mol. The summed E-state index contributed by atoms with van der Waals surface area (Å²) in [4.78, 5) is 21.9. The van der Waals surface area contributed by atoms with Gasteiger partial charge in [-0.3, -0.25) is 10.1 Å². The molecule has 0 aromatic heterocycles. The number of nitrogens with one attached hydrogen (secondary N) is 2. The fourth-order valence-electron chi connectivity index (χ4n) is 1.95. The Morgan fingerprint density at radius 2 is 2.14 bits per heavy atom. The van der Waals surface area contributed by atoms with Crippen LogP contribution in [0, 0.1) is 16.0 Å². The van der Waals surface area contributed by atoms with E-state index in [0.717, 1.165) is 0 Å². The van der Waals surface area contributed by atoms with Gasteiger partial charge in [-0.2, -0.15) is 0 Å². The van der Waals surface area contributed by atoms with Crippen LogP contribution >= 0.6 is 0 Å². The highest BCUT2D eigenvalue weighted by Crippen LogP contribution is 2.12. The lowest BCUT2D eigenvalue weighted by atomic mass is 10.0. The molecule has 1 atom stereocenters. The number of nitro groups is 1. The molecule has 0 fully saturated rings.